The van der Waals surface area contributed by atoms with E-state index in [-0.39, 0.29) is 5.56 Å². The van der Waals surface area contributed by atoms with E-state index in [2.05, 4.69) is 15.9 Å². The number of carbonyl (C=O) groups is 1. The van der Waals surface area contributed by atoms with E-state index >= 15 is 0 Å². The minimum Gasteiger partial charge on any atom is -0.505 e. The van der Waals surface area contributed by atoms with Crippen LogP contribution in [0.4, 0.5) is 4.39 Å². The minimum absolute atomic E-state index is 0.116. The van der Waals surface area contributed by atoms with Gasteiger partial charge in [-0.25, -0.2) is 4.39 Å². The van der Waals surface area contributed by atoms with Crippen LogP contribution in [0.1, 0.15) is 17.3 Å². The Morgan fingerprint density at radius 2 is 2.17 bits per heavy atom. The average molecular weight is 233 g/mol. The first-order valence-corrected chi connectivity index (χ1v) is 4.01. The third-order valence-electron chi connectivity index (χ3n) is 1.42. The number of aromatic hydroxyl groups is 1. The second-order valence-electron chi connectivity index (χ2n) is 2.31. The molecule has 1 N–H and O–H groups in total. The van der Waals surface area contributed by atoms with E-state index in [0.717, 1.165) is 0 Å². The van der Waals surface area contributed by atoms with Crippen molar-refractivity contribution in [2.24, 2.45) is 0 Å². The number of benzene rings is 1. The standard InChI is InChI=1S/C8H6BrFO2/c1-4(11)7-5(9)2-3-6(12)8(7)10/h2-3,12H,1H3. The highest BCUT2D eigenvalue weighted by molar-refractivity contribution is 9.10. The summed E-state index contributed by atoms with van der Waals surface area (Å²) in [5.74, 6) is -1.81. The van der Waals surface area contributed by atoms with Gasteiger partial charge in [0.2, 0.25) is 0 Å². The number of rotatable bonds is 1. The average Bonchev–Trinajstić information content (AvgIpc) is 1.97. The highest BCUT2D eigenvalue weighted by atomic mass is 79.9. The first-order chi connectivity index (χ1) is 5.54. The SMILES string of the molecule is CC(=O)c1c(Br)ccc(O)c1F. The molecule has 0 aromatic heterocycles. The number of hydrogen-bond acceptors (Lipinski definition) is 2. The van der Waals surface area contributed by atoms with Crippen LogP contribution in [-0.4, -0.2) is 10.9 Å². The summed E-state index contributed by atoms with van der Waals surface area (Å²) in [6, 6.07) is 2.61. The molecule has 0 atom stereocenters. The van der Waals surface area contributed by atoms with E-state index in [0.29, 0.717) is 4.47 Å². The maximum absolute atomic E-state index is 13.0. The maximum atomic E-state index is 13.0. The molecule has 4 heteroatoms. The normalized spacial score (nSPS) is 9.92. The maximum Gasteiger partial charge on any atom is 0.176 e. The van der Waals surface area contributed by atoms with Crippen molar-refractivity contribution in [3.8, 4) is 5.75 Å². The molecule has 0 fully saturated rings. The summed E-state index contributed by atoms with van der Waals surface area (Å²) in [5.41, 5.74) is -0.116. The van der Waals surface area contributed by atoms with E-state index < -0.39 is 17.3 Å². The molecule has 2 nitrogen and oxygen atoms in total. The zero-order valence-electron chi connectivity index (χ0n) is 6.27. The third kappa shape index (κ3) is 1.48. The smallest absolute Gasteiger partial charge is 0.176 e. The van der Waals surface area contributed by atoms with Crippen molar-refractivity contribution >= 4 is 21.7 Å². The summed E-state index contributed by atoms with van der Waals surface area (Å²) in [4.78, 5) is 10.9. The van der Waals surface area contributed by atoms with Crippen molar-refractivity contribution in [1.29, 1.82) is 0 Å². The number of hydrogen-bond donors (Lipinski definition) is 1. The van der Waals surface area contributed by atoms with Crippen LogP contribution < -0.4 is 0 Å². The largest absolute Gasteiger partial charge is 0.505 e. The Kier molecular flexibility index (Phi) is 2.47. The zero-order chi connectivity index (χ0) is 9.30. The number of ketones is 1. The Morgan fingerprint density at radius 3 is 2.58 bits per heavy atom. The molecule has 0 spiro atoms. The van der Waals surface area contributed by atoms with Gasteiger partial charge in [0.05, 0.1) is 5.56 Å². The lowest BCUT2D eigenvalue weighted by molar-refractivity contribution is 0.101. The lowest BCUT2D eigenvalue weighted by atomic mass is 10.1. The van der Waals surface area contributed by atoms with Crippen LogP contribution in [0.3, 0.4) is 0 Å². The van der Waals surface area contributed by atoms with Crippen molar-refractivity contribution in [2.75, 3.05) is 0 Å². The molecule has 1 aromatic carbocycles. The van der Waals surface area contributed by atoms with Gasteiger partial charge >= 0.3 is 0 Å². The highest BCUT2D eigenvalue weighted by Crippen LogP contribution is 2.26. The summed E-state index contributed by atoms with van der Waals surface area (Å²) < 4.78 is 13.4. The minimum atomic E-state index is -0.878. The molecule has 0 aliphatic heterocycles. The number of Topliss-reactive ketones (excluding diaryl/α,β-unsaturated/α-hetero) is 1. The van der Waals surface area contributed by atoms with Gasteiger partial charge in [-0.15, -0.1) is 0 Å². The van der Waals surface area contributed by atoms with E-state index in [1.165, 1.54) is 19.1 Å². The number of carbonyl (C=O) groups excluding carboxylic acids is 1. The van der Waals surface area contributed by atoms with Gasteiger partial charge in [-0.1, -0.05) is 0 Å². The zero-order valence-corrected chi connectivity index (χ0v) is 7.85. The Hall–Kier alpha value is -0.900. The first kappa shape index (κ1) is 9.19. The second kappa shape index (κ2) is 3.23. The van der Waals surface area contributed by atoms with Crippen LogP contribution in [0.2, 0.25) is 0 Å². The van der Waals surface area contributed by atoms with Gasteiger partial charge in [-0.2, -0.15) is 0 Å². The fraction of sp³-hybridized carbons (Fsp3) is 0.125. The Balaban J connectivity index is 3.43. The molecule has 12 heavy (non-hydrogen) atoms. The predicted molar refractivity (Wildman–Crippen MR) is 45.8 cm³/mol. The molecule has 1 rings (SSSR count). The highest BCUT2D eigenvalue weighted by Gasteiger charge is 2.14. The molecule has 1 aromatic rings. The lowest BCUT2D eigenvalue weighted by Gasteiger charge is -2.02. The van der Waals surface area contributed by atoms with Crippen molar-refractivity contribution in [3.63, 3.8) is 0 Å². The quantitative estimate of drug-likeness (QED) is 0.756. The number of phenolic OH excluding ortho intramolecular Hbond substituents is 1. The van der Waals surface area contributed by atoms with E-state index in [1.807, 2.05) is 0 Å². The Bertz CT molecular complexity index is 336. The number of phenols is 1. The number of halogens is 2. The molecule has 0 heterocycles. The fourth-order valence-corrected chi connectivity index (χ4v) is 1.45. The molecule has 0 aliphatic rings. The van der Waals surface area contributed by atoms with E-state index in [1.54, 1.807) is 0 Å². The van der Waals surface area contributed by atoms with Gasteiger partial charge in [0.25, 0.3) is 0 Å². The summed E-state index contributed by atoms with van der Waals surface area (Å²) in [5, 5.41) is 8.93. The van der Waals surface area contributed by atoms with Crippen LogP contribution in [0.5, 0.6) is 5.75 Å². The van der Waals surface area contributed by atoms with Crippen LogP contribution in [0, 0.1) is 5.82 Å². The van der Waals surface area contributed by atoms with Gasteiger partial charge in [0.1, 0.15) is 0 Å². The molecule has 0 bridgehead atoms. The van der Waals surface area contributed by atoms with Crippen molar-refractivity contribution in [1.82, 2.24) is 0 Å². The van der Waals surface area contributed by atoms with Gasteiger partial charge in [0, 0.05) is 4.47 Å². The fourth-order valence-electron chi connectivity index (χ4n) is 0.864. The van der Waals surface area contributed by atoms with Crippen LogP contribution in [-0.2, 0) is 0 Å². The van der Waals surface area contributed by atoms with Gasteiger partial charge < -0.3 is 5.11 Å². The topological polar surface area (TPSA) is 37.3 Å². The van der Waals surface area contributed by atoms with Crippen molar-refractivity contribution in [3.05, 3.63) is 28.0 Å². The summed E-state index contributed by atoms with van der Waals surface area (Å²) in [6.45, 7) is 1.24. The summed E-state index contributed by atoms with van der Waals surface area (Å²) >= 11 is 3.01. The molecule has 0 unspecified atom stereocenters. The Labute approximate surface area is 77.2 Å². The first-order valence-electron chi connectivity index (χ1n) is 3.22. The molecular formula is C8H6BrFO2. The van der Waals surface area contributed by atoms with Gasteiger partial charge in [0.15, 0.2) is 17.3 Å². The third-order valence-corrected chi connectivity index (χ3v) is 2.08. The Morgan fingerprint density at radius 1 is 1.58 bits per heavy atom. The molecular weight excluding hydrogens is 227 g/mol. The molecule has 0 saturated carbocycles. The van der Waals surface area contributed by atoms with Crippen LogP contribution in [0.15, 0.2) is 16.6 Å². The summed E-state index contributed by atoms with van der Waals surface area (Å²) in [7, 11) is 0. The van der Waals surface area contributed by atoms with Crippen LogP contribution in [0.25, 0.3) is 0 Å². The van der Waals surface area contributed by atoms with Crippen molar-refractivity contribution in [2.45, 2.75) is 6.92 Å². The molecule has 0 amide bonds. The monoisotopic (exact) mass is 232 g/mol. The molecule has 0 radical (unpaired) electrons. The van der Waals surface area contributed by atoms with Gasteiger partial charge in [-0.3, -0.25) is 4.79 Å². The van der Waals surface area contributed by atoms with Gasteiger partial charge in [-0.05, 0) is 35.0 Å². The van der Waals surface area contributed by atoms with E-state index in [4.69, 9.17) is 5.11 Å². The summed E-state index contributed by atoms with van der Waals surface area (Å²) in [6.07, 6.45) is 0. The molecule has 0 aliphatic carbocycles. The van der Waals surface area contributed by atoms with Crippen LogP contribution >= 0.6 is 15.9 Å². The molecule has 0 saturated heterocycles. The second-order valence-corrected chi connectivity index (χ2v) is 3.17. The predicted octanol–water partition coefficient (Wildman–Crippen LogP) is 2.50. The lowest BCUT2D eigenvalue weighted by Crippen LogP contribution is -1.98. The van der Waals surface area contributed by atoms with Crippen molar-refractivity contribution < 1.29 is 14.3 Å². The molecule has 64 valence electrons. The van der Waals surface area contributed by atoms with E-state index in [9.17, 15) is 9.18 Å².